The minimum absolute atomic E-state index is 0.0129. The van der Waals surface area contributed by atoms with E-state index < -0.39 is 0 Å². The van der Waals surface area contributed by atoms with E-state index in [0.29, 0.717) is 0 Å². The average Bonchev–Trinajstić information content (AvgIpc) is 2.30. The lowest BCUT2D eigenvalue weighted by Crippen LogP contribution is -2.41. The molecular formula is C12H16N2O. The molecule has 0 radical (unpaired) electrons. The van der Waals surface area contributed by atoms with Gasteiger partial charge in [-0.05, 0) is 25.0 Å². The maximum Gasteiger partial charge on any atom is 0.222 e. The van der Waals surface area contributed by atoms with Gasteiger partial charge in [-0.1, -0.05) is 18.2 Å². The third kappa shape index (κ3) is 2.29. The van der Waals surface area contributed by atoms with Crippen molar-refractivity contribution in [3.8, 4) is 0 Å². The second-order valence-corrected chi connectivity index (χ2v) is 4.02. The quantitative estimate of drug-likeness (QED) is 0.791. The van der Waals surface area contributed by atoms with Crippen molar-refractivity contribution in [1.82, 2.24) is 0 Å². The zero-order chi connectivity index (χ0) is 10.7. The molecule has 0 saturated carbocycles. The van der Waals surface area contributed by atoms with E-state index in [0.717, 1.165) is 25.9 Å². The SMILES string of the molecule is NC(=O)[C@H]1CCCN(c2ccccc2)C1. The van der Waals surface area contributed by atoms with Gasteiger partial charge in [0.2, 0.25) is 5.91 Å². The number of nitrogens with zero attached hydrogens (tertiary/aromatic N) is 1. The van der Waals surface area contributed by atoms with E-state index in [1.165, 1.54) is 5.69 Å². The Morgan fingerprint density at radius 1 is 1.33 bits per heavy atom. The third-order valence-corrected chi connectivity index (χ3v) is 2.95. The summed E-state index contributed by atoms with van der Waals surface area (Å²) < 4.78 is 0. The summed E-state index contributed by atoms with van der Waals surface area (Å²) in [7, 11) is 0. The molecule has 0 spiro atoms. The molecule has 1 amide bonds. The lowest BCUT2D eigenvalue weighted by molar-refractivity contribution is -0.122. The van der Waals surface area contributed by atoms with Crippen LogP contribution in [-0.4, -0.2) is 19.0 Å². The van der Waals surface area contributed by atoms with Crippen LogP contribution in [0, 0.1) is 5.92 Å². The van der Waals surface area contributed by atoms with E-state index in [1.54, 1.807) is 0 Å². The molecule has 0 aromatic heterocycles. The van der Waals surface area contributed by atoms with Gasteiger partial charge in [0.05, 0.1) is 5.92 Å². The minimum atomic E-state index is -0.171. The zero-order valence-corrected chi connectivity index (χ0v) is 8.73. The van der Waals surface area contributed by atoms with E-state index in [1.807, 2.05) is 18.2 Å². The van der Waals surface area contributed by atoms with Crippen LogP contribution < -0.4 is 10.6 Å². The number of hydrogen-bond donors (Lipinski definition) is 1. The van der Waals surface area contributed by atoms with Crippen molar-refractivity contribution in [1.29, 1.82) is 0 Å². The summed E-state index contributed by atoms with van der Waals surface area (Å²) in [5.74, 6) is -0.158. The summed E-state index contributed by atoms with van der Waals surface area (Å²) in [5, 5.41) is 0. The molecule has 1 aromatic rings. The monoisotopic (exact) mass is 204 g/mol. The molecule has 15 heavy (non-hydrogen) atoms. The van der Waals surface area contributed by atoms with Crippen molar-refractivity contribution in [2.24, 2.45) is 11.7 Å². The van der Waals surface area contributed by atoms with Gasteiger partial charge in [0.1, 0.15) is 0 Å². The molecule has 3 heteroatoms. The number of hydrogen-bond acceptors (Lipinski definition) is 2. The average molecular weight is 204 g/mol. The normalized spacial score (nSPS) is 21.3. The van der Waals surface area contributed by atoms with Crippen molar-refractivity contribution in [2.45, 2.75) is 12.8 Å². The lowest BCUT2D eigenvalue weighted by Gasteiger charge is -2.32. The maximum atomic E-state index is 11.1. The van der Waals surface area contributed by atoms with Gasteiger partial charge in [-0.15, -0.1) is 0 Å². The highest BCUT2D eigenvalue weighted by atomic mass is 16.1. The predicted molar refractivity (Wildman–Crippen MR) is 60.6 cm³/mol. The molecule has 1 atom stereocenters. The smallest absolute Gasteiger partial charge is 0.222 e. The molecular weight excluding hydrogens is 188 g/mol. The number of piperidine rings is 1. The highest BCUT2D eigenvalue weighted by molar-refractivity contribution is 5.77. The Labute approximate surface area is 89.9 Å². The molecule has 80 valence electrons. The minimum Gasteiger partial charge on any atom is -0.371 e. The van der Waals surface area contributed by atoms with Crippen LogP contribution in [0.1, 0.15) is 12.8 Å². The van der Waals surface area contributed by atoms with Crippen LogP contribution >= 0.6 is 0 Å². The molecule has 2 N–H and O–H groups in total. The van der Waals surface area contributed by atoms with E-state index in [2.05, 4.69) is 17.0 Å². The summed E-state index contributed by atoms with van der Waals surface area (Å²) >= 11 is 0. The van der Waals surface area contributed by atoms with Gasteiger partial charge in [-0.25, -0.2) is 0 Å². The van der Waals surface area contributed by atoms with Crippen LogP contribution in [0.2, 0.25) is 0 Å². The van der Waals surface area contributed by atoms with E-state index in [9.17, 15) is 4.79 Å². The molecule has 1 fully saturated rings. The summed E-state index contributed by atoms with van der Waals surface area (Å²) in [5.41, 5.74) is 6.53. The van der Waals surface area contributed by atoms with E-state index in [4.69, 9.17) is 5.73 Å². The molecule has 1 heterocycles. The van der Waals surface area contributed by atoms with E-state index in [-0.39, 0.29) is 11.8 Å². The molecule has 1 aliphatic heterocycles. The molecule has 3 nitrogen and oxygen atoms in total. The number of para-hydroxylation sites is 1. The van der Waals surface area contributed by atoms with Crippen LogP contribution in [0.25, 0.3) is 0 Å². The van der Waals surface area contributed by atoms with Crippen molar-refractivity contribution < 1.29 is 4.79 Å². The topological polar surface area (TPSA) is 46.3 Å². The summed E-state index contributed by atoms with van der Waals surface area (Å²) in [4.78, 5) is 13.4. The highest BCUT2D eigenvalue weighted by Gasteiger charge is 2.23. The van der Waals surface area contributed by atoms with Gasteiger partial charge < -0.3 is 10.6 Å². The van der Waals surface area contributed by atoms with Gasteiger partial charge >= 0.3 is 0 Å². The highest BCUT2D eigenvalue weighted by Crippen LogP contribution is 2.22. The number of carbonyl (C=O) groups excluding carboxylic acids is 1. The standard InChI is InChI=1S/C12H16N2O/c13-12(15)10-5-4-8-14(9-10)11-6-2-1-3-7-11/h1-3,6-7,10H,4-5,8-9H2,(H2,13,15)/t10-/m0/s1. The Hall–Kier alpha value is -1.51. The van der Waals surface area contributed by atoms with Gasteiger partial charge in [0, 0.05) is 18.8 Å². The maximum absolute atomic E-state index is 11.1. The third-order valence-electron chi connectivity index (χ3n) is 2.95. The predicted octanol–water partition coefficient (Wildman–Crippen LogP) is 1.39. The number of nitrogens with two attached hydrogens (primary N) is 1. The van der Waals surface area contributed by atoms with Crippen LogP contribution in [0.15, 0.2) is 30.3 Å². The van der Waals surface area contributed by atoms with Crippen LogP contribution in [-0.2, 0) is 4.79 Å². The fourth-order valence-electron chi connectivity index (χ4n) is 2.08. The summed E-state index contributed by atoms with van der Waals surface area (Å²) in [6, 6.07) is 10.2. The van der Waals surface area contributed by atoms with Crippen LogP contribution in [0.3, 0.4) is 0 Å². The zero-order valence-electron chi connectivity index (χ0n) is 8.73. The Morgan fingerprint density at radius 2 is 2.07 bits per heavy atom. The molecule has 1 aromatic carbocycles. The molecule has 0 unspecified atom stereocenters. The number of carbonyl (C=O) groups is 1. The first-order chi connectivity index (χ1) is 7.27. The van der Waals surface area contributed by atoms with Gasteiger partial charge in [-0.3, -0.25) is 4.79 Å². The summed E-state index contributed by atoms with van der Waals surface area (Å²) in [6.07, 6.45) is 1.97. The van der Waals surface area contributed by atoms with Gasteiger partial charge in [0.25, 0.3) is 0 Å². The molecule has 1 saturated heterocycles. The van der Waals surface area contributed by atoms with Crippen LogP contribution in [0.5, 0.6) is 0 Å². The Bertz CT molecular complexity index is 337. The Kier molecular flexibility index (Phi) is 2.90. The number of benzene rings is 1. The summed E-state index contributed by atoms with van der Waals surface area (Å²) in [6.45, 7) is 1.78. The number of rotatable bonds is 2. The first-order valence-electron chi connectivity index (χ1n) is 5.36. The van der Waals surface area contributed by atoms with Gasteiger partial charge in [-0.2, -0.15) is 0 Å². The molecule has 2 rings (SSSR count). The molecule has 0 bridgehead atoms. The Morgan fingerprint density at radius 3 is 2.73 bits per heavy atom. The fourth-order valence-corrected chi connectivity index (χ4v) is 2.08. The number of anilines is 1. The van der Waals surface area contributed by atoms with Crippen LogP contribution in [0.4, 0.5) is 5.69 Å². The largest absolute Gasteiger partial charge is 0.371 e. The van der Waals surface area contributed by atoms with Crippen molar-refractivity contribution in [3.05, 3.63) is 30.3 Å². The first-order valence-corrected chi connectivity index (χ1v) is 5.36. The van der Waals surface area contributed by atoms with Crippen molar-refractivity contribution in [2.75, 3.05) is 18.0 Å². The van der Waals surface area contributed by atoms with Crippen molar-refractivity contribution >= 4 is 11.6 Å². The van der Waals surface area contributed by atoms with Gasteiger partial charge in [0.15, 0.2) is 0 Å². The number of amides is 1. The van der Waals surface area contributed by atoms with E-state index >= 15 is 0 Å². The molecule has 0 aliphatic carbocycles. The fraction of sp³-hybridized carbons (Fsp3) is 0.417. The molecule has 1 aliphatic rings. The Balaban J connectivity index is 2.08. The second-order valence-electron chi connectivity index (χ2n) is 4.02. The lowest BCUT2D eigenvalue weighted by atomic mass is 9.97. The first kappa shape index (κ1) is 10.0. The van der Waals surface area contributed by atoms with Crippen molar-refractivity contribution in [3.63, 3.8) is 0 Å². The second kappa shape index (κ2) is 4.34. The number of primary amides is 1.